The molecule has 6 nitrogen and oxygen atoms in total. The highest BCUT2D eigenvalue weighted by Crippen LogP contribution is 2.75. The first-order chi connectivity index (χ1) is 21.6. The van der Waals surface area contributed by atoms with E-state index in [0.29, 0.717) is 34.9 Å². The van der Waals surface area contributed by atoms with E-state index in [2.05, 4.69) is 64.9 Å². The molecule has 1 aromatic carbocycles. The van der Waals surface area contributed by atoms with Gasteiger partial charge in [0.2, 0.25) is 0 Å². The molecule has 4 saturated carbocycles. The van der Waals surface area contributed by atoms with E-state index in [1.807, 2.05) is 36.5 Å². The summed E-state index contributed by atoms with van der Waals surface area (Å²) in [5, 5.41) is 20.1. The molecule has 4 fully saturated rings. The summed E-state index contributed by atoms with van der Waals surface area (Å²) in [6.07, 6.45) is 13.6. The van der Waals surface area contributed by atoms with Gasteiger partial charge in [-0.25, -0.2) is 4.68 Å². The quantitative estimate of drug-likeness (QED) is 0.266. The van der Waals surface area contributed by atoms with E-state index in [9.17, 15) is 14.7 Å². The van der Waals surface area contributed by atoms with Gasteiger partial charge in [-0.3, -0.25) is 9.59 Å². The lowest BCUT2D eigenvalue weighted by molar-refractivity contribution is -0.185. The molecule has 0 spiro atoms. The van der Waals surface area contributed by atoms with Crippen LogP contribution in [0.4, 0.5) is 0 Å². The van der Waals surface area contributed by atoms with E-state index in [0.717, 1.165) is 56.2 Å². The minimum atomic E-state index is -0.641. The van der Waals surface area contributed by atoms with Crippen molar-refractivity contribution in [1.82, 2.24) is 15.0 Å². The lowest BCUT2D eigenvalue weighted by Crippen LogP contribution is -2.65. The Kier molecular flexibility index (Phi) is 7.19. The van der Waals surface area contributed by atoms with Gasteiger partial charge >= 0.3 is 5.97 Å². The average Bonchev–Trinajstić information content (AvgIpc) is 3.46. The number of hydrogen-bond acceptors (Lipinski definition) is 4. The predicted molar refractivity (Wildman–Crippen MR) is 181 cm³/mol. The number of Topliss-reactive ketones (excluding diaryl/α,β-unsaturated/α-hetero) is 1. The van der Waals surface area contributed by atoms with Crippen molar-refractivity contribution in [2.75, 3.05) is 0 Å². The minimum absolute atomic E-state index is 0.0160. The molecule has 1 N–H and O–H groups in total. The summed E-state index contributed by atoms with van der Waals surface area (Å²) in [5.74, 6) is 1.26. The highest BCUT2D eigenvalue weighted by Gasteiger charge is 2.70. The van der Waals surface area contributed by atoms with Crippen molar-refractivity contribution in [2.24, 2.45) is 56.7 Å². The predicted octanol–water partition coefficient (Wildman–Crippen LogP) is 9.23. The lowest BCUT2D eigenvalue weighted by Gasteiger charge is -2.70. The fourth-order valence-electron chi connectivity index (χ4n) is 12.1. The Labute approximate surface area is 279 Å². The standard InChI is InChI=1S/C39H50ClN3O3/c1-23-14-17-39(34(45)46)19-18-37(6)27(32(39)24(23)2)12-13-31-36(5)21-25(33(44)35(3,4)30(36)15-16-38(31,37)7)20-26-22-43(42-41-26)29-11-9-8-10-28(29)40/h8-12,20,22-24,30-32H,13-19,21H2,1-7H3,(H,45,46)/b25-20-/t23-,24+,30-,31-,32+,36+,37-,38-,39+/m1/s1. The third kappa shape index (κ3) is 4.13. The highest BCUT2D eigenvalue weighted by molar-refractivity contribution is 6.32. The van der Waals surface area contributed by atoms with E-state index in [1.54, 1.807) is 4.68 Å². The normalized spacial score (nSPS) is 42.3. The first-order valence-corrected chi connectivity index (χ1v) is 17.8. The zero-order chi connectivity index (χ0) is 33.0. The smallest absolute Gasteiger partial charge is 0.310 e. The van der Waals surface area contributed by atoms with Gasteiger partial charge in [0.05, 0.1) is 22.3 Å². The molecule has 0 bridgehead atoms. The Morgan fingerprint density at radius 1 is 1.02 bits per heavy atom. The Bertz CT molecular complexity index is 1670. The van der Waals surface area contributed by atoms with Gasteiger partial charge in [-0.05, 0) is 121 Å². The van der Waals surface area contributed by atoms with Gasteiger partial charge in [-0.1, -0.05) is 89.1 Å². The molecule has 5 aliphatic rings. The van der Waals surface area contributed by atoms with Gasteiger partial charge in [0.25, 0.3) is 0 Å². The molecule has 0 saturated heterocycles. The Morgan fingerprint density at radius 2 is 1.76 bits per heavy atom. The molecule has 2 aromatic rings. The molecule has 0 unspecified atom stereocenters. The number of fused-ring (bicyclic) bond motifs is 7. The van der Waals surface area contributed by atoms with Gasteiger partial charge < -0.3 is 5.11 Å². The van der Waals surface area contributed by atoms with Crippen LogP contribution >= 0.6 is 11.6 Å². The number of para-hydroxylation sites is 1. The third-order valence-electron chi connectivity index (χ3n) is 14.9. The number of carbonyl (C=O) groups is 2. The number of aliphatic carboxylic acids is 1. The number of halogens is 1. The van der Waals surface area contributed by atoms with Crippen LogP contribution in [0.5, 0.6) is 0 Å². The number of hydrogen-bond donors (Lipinski definition) is 1. The molecular formula is C39H50ClN3O3. The van der Waals surface area contributed by atoms with Crippen LogP contribution in [0.15, 0.2) is 47.7 Å². The summed E-state index contributed by atoms with van der Waals surface area (Å²) in [6, 6.07) is 7.55. The number of ketones is 1. The zero-order valence-electron chi connectivity index (χ0n) is 28.6. The third-order valence-corrected chi connectivity index (χ3v) is 15.3. The molecule has 1 heterocycles. The van der Waals surface area contributed by atoms with Crippen molar-refractivity contribution < 1.29 is 14.7 Å². The van der Waals surface area contributed by atoms with Crippen molar-refractivity contribution in [2.45, 2.75) is 99.8 Å². The molecule has 1 aromatic heterocycles. The average molecular weight is 644 g/mol. The molecule has 7 heteroatoms. The second kappa shape index (κ2) is 10.4. The molecule has 7 rings (SSSR count). The molecule has 246 valence electrons. The first kappa shape index (κ1) is 31.8. The highest BCUT2D eigenvalue weighted by atomic mass is 35.5. The summed E-state index contributed by atoms with van der Waals surface area (Å²) < 4.78 is 1.68. The van der Waals surface area contributed by atoms with E-state index in [1.165, 1.54) is 5.57 Å². The van der Waals surface area contributed by atoms with Crippen LogP contribution in [0.3, 0.4) is 0 Å². The van der Waals surface area contributed by atoms with Gasteiger partial charge in [-0.15, -0.1) is 5.10 Å². The maximum atomic E-state index is 14.2. The van der Waals surface area contributed by atoms with Gasteiger partial charge in [0, 0.05) is 5.41 Å². The number of carbonyl (C=O) groups excluding carboxylic acids is 1. The summed E-state index contributed by atoms with van der Waals surface area (Å²) in [4.78, 5) is 27.3. The molecule has 0 aliphatic heterocycles. The van der Waals surface area contributed by atoms with Crippen molar-refractivity contribution in [1.29, 1.82) is 0 Å². The molecule has 0 radical (unpaired) electrons. The number of carboxylic acid groups (broad SMARTS) is 1. The Hall–Kier alpha value is -2.73. The topological polar surface area (TPSA) is 85.1 Å². The van der Waals surface area contributed by atoms with E-state index in [4.69, 9.17) is 11.6 Å². The number of aromatic nitrogens is 3. The van der Waals surface area contributed by atoms with Crippen LogP contribution in [-0.2, 0) is 9.59 Å². The molecular weight excluding hydrogens is 594 g/mol. The maximum absolute atomic E-state index is 14.2. The fraction of sp³-hybridized carbons (Fsp3) is 0.641. The summed E-state index contributed by atoms with van der Waals surface area (Å²) >= 11 is 6.44. The van der Waals surface area contributed by atoms with E-state index < -0.39 is 16.8 Å². The summed E-state index contributed by atoms with van der Waals surface area (Å²) in [5.41, 5.74) is 2.42. The van der Waals surface area contributed by atoms with Crippen LogP contribution in [0.25, 0.3) is 11.8 Å². The molecule has 9 atom stereocenters. The van der Waals surface area contributed by atoms with Crippen LogP contribution in [-0.4, -0.2) is 31.9 Å². The first-order valence-electron chi connectivity index (χ1n) is 17.5. The number of benzene rings is 1. The summed E-state index contributed by atoms with van der Waals surface area (Å²) in [6.45, 7) is 16.4. The second-order valence-corrected chi connectivity index (χ2v) is 17.5. The van der Waals surface area contributed by atoms with E-state index >= 15 is 0 Å². The van der Waals surface area contributed by atoms with Crippen molar-refractivity contribution in [3.05, 3.63) is 58.4 Å². The van der Waals surface area contributed by atoms with Crippen LogP contribution in [0.1, 0.15) is 106 Å². The number of allylic oxidation sites excluding steroid dienone is 3. The monoisotopic (exact) mass is 643 g/mol. The summed E-state index contributed by atoms with van der Waals surface area (Å²) in [7, 11) is 0. The van der Waals surface area contributed by atoms with Crippen molar-refractivity contribution >= 4 is 29.4 Å². The zero-order valence-corrected chi connectivity index (χ0v) is 29.3. The van der Waals surface area contributed by atoms with Crippen molar-refractivity contribution in [3.63, 3.8) is 0 Å². The van der Waals surface area contributed by atoms with Crippen molar-refractivity contribution in [3.8, 4) is 5.69 Å². The Balaban J connectivity index is 1.29. The SMILES string of the molecule is C[C@H]1[C@H](C)CC[C@]2(C(=O)O)CC[C@]3(C)C(=CC[C@@H]4[C@@]5(C)C/C(=C/c6cn(-c7ccccc7Cl)nn6)C(=O)C(C)(C)[C@H]5CC[C@]43C)[C@H]12. The Morgan fingerprint density at radius 3 is 2.48 bits per heavy atom. The molecule has 0 amide bonds. The number of nitrogens with zero attached hydrogens (tertiary/aromatic N) is 3. The van der Waals surface area contributed by atoms with Gasteiger partial charge in [0.15, 0.2) is 5.78 Å². The van der Waals surface area contributed by atoms with Crippen LogP contribution in [0.2, 0.25) is 5.02 Å². The molecule has 46 heavy (non-hydrogen) atoms. The lowest BCUT2D eigenvalue weighted by atomic mass is 9.33. The maximum Gasteiger partial charge on any atom is 0.310 e. The van der Waals surface area contributed by atoms with E-state index in [-0.39, 0.29) is 33.9 Å². The van der Waals surface area contributed by atoms with Gasteiger partial charge in [0.1, 0.15) is 5.69 Å². The number of rotatable bonds is 3. The van der Waals surface area contributed by atoms with Crippen LogP contribution in [0, 0.1) is 56.7 Å². The fourth-order valence-corrected chi connectivity index (χ4v) is 12.3. The second-order valence-electron chi connectivity index (χ2n) is 17.0. The number of carboxylic acids is 1. The van der Waals surface area contributed by atoms with Gasteiger partial charge in [-0.2, -0.15) is 0 Å². The largest absolute Gasteiger partial charge is 0.481 e. The molecule has 5 aliphatic carbocycles. The van der Waals surface area contributed by atoms with Crippen LogP contribution < -0.4 is 0 Å². The minimum Gasteiger partial charge on any atom is -0.481 e.